The maximum Gasteiger partial charge on any atom is 0.272 e. The van der Waals surface area contributed by atoms with Gasteiger partial charge in [0.1, 0.15) is 11.7 Å². The number of carbonyl (C=O) groups excluding carboxylic acids is 2. The molecule has 0 aliphatic carbocycles. The van der Waals surface area contributed by atoms with Gasteiger partial charge in [-0.3, -0.25) is 9.59 Å². The minimum Gasteiger partial charge on any atom is -0.382 e. The summed E-state index contributed by atoms with van der Waals surface area (Å²) in [5.41, 5.74) is 0.378. The molecule has 2 rings (SSSR count). The molecule has 0 aromatic heterocycles. The molecule has 2 amide bonds. The molecule has 0 spiro atoms. The topological polar surface area (TPSA) is 52.7 Å². The van der Waals surface area contributed by atoms with Gasteiger partial charge in [-0.25, -0.2) is 0 Å². The smallest absolute Gasteiger partial charge is 0.272 e. The van der Waals surface area contributed by atoms with Crippen molar-refractivity contribution in [2.24, 2.45) is 0 Å². The Morgan fingerprint density at radius 3 is 2.87 bits per heavy atom. The molecule has 2 aliphatic heterocycles. The number of hydrogen-bond donors (Lipinski definition) is 1. The predicted molar refractivity (Wildman–Crippen MR) is 54.6 cm³/mol. The Hall–Kier alpha value is -1.52. The maximum absolute atomic E-state index is 11.9. The average Bonchev–Trinajstić information content (AvgIpc) is 2.61. The van der Waals surface area contributed by atoms with E-state index in [4.69, 9.17) is 0 Å². The normalized spacial score (nSPS) is 28.0. The molecular formula is C10H15N3O2. The van der Waals surface area contributed by atoms with Crippen molar-refractivity contribution in [3.05, 3.63) is 11.9 Å². The van der Waals surface area contributed by atoms with Crippen molar-refractivity contribution in [3.63, 3.8) is 0 Å². The maximum atomic E-state index is 11.9. The van der Waals surface area contributed by atoms with Crippen molar-refractivity contribution in [1.82, 2.24) is 15.1 Å². The van der Waals surface area contributed by atoms with Crippen LogP contribution in [0.4, 0.5) is 0 Å². The van der Waals surface area contributed by atoms with Crippen molar-refractivity contribution in [3.8, 4) is 0 Å². The van der Waals surface area contributed by atoms with Crippen molar-refractivity contribution < 1.29 is 9.59 Å². The average molecular weight is 209 g/mol. The van der Waals surface area contributed by atoms with Gasteiger partial charge in [0, 0.05) is 26.8 Å². The lowest BCUT2D eigenvalue weighted by Crippen LogP contribution is -2.54. The molecule has 0 aromatic rings. The zero-order valence-corrected chi connectivity index (χ0v) is 8.99. The number of rotatable bonds is 1. The molecule has 0 aromatic carbocycles. The molecular weight excluding hydrogens is 194 g/mol. The first kappa shape index (κ1) is 10.0. The molecule has 82 valence electrons. The summed E-state index contributed by atoms with van der Waals surface area (Å²) in [7, 11) is 3.64. The van der Waals surface area contributed by atoms with Crippen LogP contribution in [-0.4, -0.2) is 48.3 Å². The third-order valence-corrected chi connectivity index (χ3v) is 2.69. The quantitative estimate of drug-likeness (QED) is 0.593. The molecule has 0 unspecified atom stereocenters. The largest absolute Gasteiger partial charge is 0.382 e. The van der Waals surface area contributed by atoms with Gasteiger partial charge in [0.25, 0.3) is 5.91 Å². The van der Waals surface area contributed by atoms with E-state index < -0.39 is 0 Å². The van der Waals surface area contributed by atoms with Crippen molar-refractivity contribution >= 4 is 11.8 Å². The number of amides is 2. The predicted octanol–water partition coefficient (Wildman–Crippen LogP) is -0.490. The molecule has 15 heavy (non-hydrogen) atoms. The van der Waals surface area contributed by atoms with Crippen molar-refractivity contribution in [2.75, 3.05) is 20.6 Å². The fourth-order valence-corrected chi connectivity index (χ4v) is 2.05. The first-order valence-corrected chi connectivity index (χ1v) is 5.09. The van der Waals surface area contributed by atoms with Gasteiger partial charge in [0.15, 0.2) is 0 Å². The van der Waals surface area contributed by atoms with Gasteiger partial charge in [0.2, 0.25) is 5.91 Å². The second-order valence-corrected chi connectivity index (χ2v) is 4.15. The SMILES string of the molecule is CN(C)/C=C1\NC(=O)[C@H]2CCCN2C1=O. The van der Waals surface area contributed by atoms with E-state index in [2.05, 4.69) is 5.32 Å². The van der Waals surface area contributed by atoms with Gasteiger partial charge < -0.3 is 15.1 Å². The fourth-order valence-electron chi connectivity index (χ4n) is 2.05. The Morgan fingerprint density at radius 1 is 1.47 bits per heavy atom. The van der Waals surface area contributed by atoms with E-state index in [9.17, 15) is 9.59 Å². The summed E-state index contributed by atoms with van der Waals surface area (Å²) >= 11 is 0. The highest BCUT2D eigenvalue weighted by atomic mass is 16.2. The van der Waals surface area contributed by atoms with E-state index in [1.165, 1.54) is 0 Å². The lowest BCUT2D eigenvalue weighted by molar-refractivity contribution is -0.140. The third kappa shape index (κ3) is 1.69. The van der Waals surface area contributed by atoms with Crippen LogP contribution in [0.3, 0.4) is 0 Å². The minimum absolute atomic E-state index is 0.0554. The van der Waals surface area contributed by atoms with Crippen LogP contribution >= 0.6 is 0 Å². The Kier molecular flexibility index (Phi) is 2.38. The molecule has 0 bridgehead atoms. The molecule has 0 radical (unpaired) electrons. The molecule has 0 saturated carbocycles. The lowest BCUT2D eigenvalue weighted by Gasteiger charge is -2.30. The fraction of sp³-hybridized carbons (Fsp3) is 0.600. The van der Waals surface area contributed by atoms with Crippen LogP contribution in [0, 0.1) is 0 Å². The van der Waals surface area contributed by atoms with Crippen LogP contribution in [0.15, 0.2) is 11.9 Å². The third-order valence-electron chi connectivity index (χ3n) is 2.69. The van der Waals surface area contributed by atoms with Crippen LogP contribution in [0.2, 0.25) is 0 Å². The van der Waals surface area contributed by atoms with Gasteiger partial charge in [0.05, 0.1) is 0 Å². The number of fused-ring (bicyclic) bond motifs is 1. The van der Waals surface area contributed by atoms with Crippen LogP contribution in [-0.2, 0) is 9.59 Å². The first-order chi connectivity index (χ1) is 7.09. The number of hydrogen-bond acceptors (Lipinski definition) is 3. The Labute approximate surface area is 88.7 Å². The summed E-state index contributed by atoms with van der Waals surface area (Å²) in [6.07, 6.45) is 3.35. The molecule has 1 atom stereocenters. The Balaban J connectivity index is 2.24. The summed E-state index contributed by atoms with van der Waals surface area (Å²) in [6, 6.07) is -0.239. The van der Waals surface area contributed by atoms with Crippen LogP contribution in [0.25, 0.3) is 0 Å². The van der Waals surface area contributed by atoms with Gasteiger partial charge in [-0.1, -0.05) is 0 Å². The summed E-state index contributed by atoms with van der Waals surface area (Å²) in [5.74, 6) is -0.119. The van der Waals surface area contributed by atoms with Crippen molar-refractivity contribution in [2.45, 2.75) is 18.9 Å². The monoisotopic (exact) mass is 209 g/mol. The highest BCUT2D eigenvalue weighted by Gasteiger charge is 2.40. The molecule has 2 heterocycles. The standard InChI is InChI=1S/C10H15N3O2/c1-12(2)6-7-10(15)13-5-3-4-8(13)9(14)11-7/h6,8H,3-5H2,1-2H3,(H,11,14)/b7-6-/t8-/m1/s1. The summed E-state index contributed by atoms with van der Waals surface area (Å²) in [5, 5.41) is 2.66. The van der Waals surface area contributed by atoms with E-state index in [1.807, 2.05) is 14.1 Å². The van der Waals surface area contributed by atoms with E-state index in [-0.39, 0.29) is 17.9 Å². The molecule has 2 aliphatic rings. The number of nitrogens with zero attached hydrogens (tertiary/aromatic N) is 2. The number of carbonyl (C=O) groups is 2. The first-order valence-electron chi connectivity index (χ1n) is 5.09. The highest BCUT2D eigenvalue weighted by Crippen LogP contribution is 2.22. The van der Waals surface area contributed by atoms with Gasteiger partial charge >= 0.3 is 0 Å². The van der Waals surface area contributed by atoms with Crippen LogP contribution in [0.5, 0.6) is 0 Å². The van der Waals surface area contributed by atoms with Gasteiger partial charge in [-0.05, 0) is 12.8 Å². The molecule has 5 heteroatoms. The summed E-state index contributed by atoms with van der Waals surface area (Å²) in [4.78, 5) is 27.0. The molecule has 1 N–H and O–H groups in total. The summed E-state index contributed by atoms with van der Waals surface area (Å²) < 4.78 is 0. The second-order valence-electron chi connectivity index (χ2n) is 4.15. The number of nitrogens with one attached hydrogen (secondary N) is 1. The Morgan fingerprint density at radius 2 is 2.20 bits per heavy atom. The van der Waals surface area contributed by atoms with Crippen molar-refractivity contribution in [1.29, 1.82) is 0 Å². The van der Waals surface area contributed by atoms with Gasteiger partial charge in [-0.2, -0.15) is 0 Å². The highest BCUT2D eigenvalue weighted by molar-refractivity contribution is 6.04. The van der Waals surface area contributed by atoms with E-state index >= 15 is 0 Å². The summed E-state index contributed by atoms with van der Waals surface area (Å²) in [6.45, 7) is 0.696. The molecule has 2 fully saturated rings. The minimum atomic E-state index is -0.239. The zero-order chi connectivity index (χ0) is 11.0. The second kappa shape index (κ2) is 3.56. The van der Waals surface area contributed by atoms with E-state index in [0.29, 0.717) is 12.2 Å². The zero-order valence-electron chi connectivity index (χ0n) is 8.99. The van der Waals surface area contributed by atoms with E-state index in [0.717, 1.165) is 12.8 Å². The number of piperazine rings is 1. The molecule has 2 saturated heterocycles. The lowest BCUT2D eigenvalue weighted by atomic mass is 10.1. The van der Waals surface area contributed by atoms with E-state index in [1.54, 1.807) is 16.0 Å². The Bertz CT molecular complexity index is 336. The van der Waals surface area contributed by atoms with Crippen LogP contribution in [0.1, 0.15) is 12.8 Å². The van der Waals surface area contributed by atoms with Crippen LogP contribution < -0.4 is 5.32 Å². The van der Waals surface area contributed by atoms with Gasteiger partial charge in [-0.15, -0.1) is 0 Å². The molecule has 5 nitrogen and oxygen atoms in total.